The number of anilines is 1. The van der Waals surface area contributed by atoms with Crippen LogP contribution in [0.15, 0.2) is 91.5 Å². The summed E-state index contributed by atoms with van der Waals surface area (Å²) in [4.78, 5) is 6.32. The van der Waals surface area contributed by atoms with Crippen molar-refractivity contribution in [1.29, 1.82) is 0 Å². The van der Waals surface area contributed by atoms with Gasteiger partial charge in [0.05, 0.1) is 30.3 Å². The molecule has 0 aliphatic carbocycles. The molecule has 2 fully saturated rings. The molecular weight excluding hydrogens is 611 g/mol. The second-order valence-corrected chi connectivity index (χ2v) is 13.4. The Morgan fingerprint density at radius 3 is 2.44 bits per heavy atom. The average molecular weight is 644 g/mol. The minimum atomic E-state index is -3.36. The Morgan fingerprint density at radius 1 is 0.977 bits per heavy atom. The van der Waals surface area contributed by atoms with Crippen molar-refractivity contribution in [3.8, 4) is 5.75 Å². The lowest BCUT2D eigenvalue weighted by Crippen LogP contribution is -2.49. The van der Waals surface area contributed by atoms with Crippen LogP contribution in [0.1, 0.15) is 11.1 Å². The van der Waals surface area contributed by atoms with E-state index >= 15 is 0 Å². The van der Waals surface area contributed by atoms with E-state index in [1.54, 1.807) is 29.0 Å². The fourth-order valence-corrected chi connectivity index (χ4v) is 7.49. The first kappa shape index (κ1) is 29.9. The molecule has 0 radical (unpaired) electrons. The highest BCUT2D eigenvalue weighted by atomic mass is 35.5. The van der Waals surface area contributed by atoms with Crippen molar-refractivity contribution in [2.75, 3.05) is 44.3 Å². The third kappa shape index (κ3) is 7.01. The first-order valence-electron chi connectivity index (χ1n) is 14.0. The van der Waals surface area contributed by atoms with Gasteiger partial charge in [-0.3, -0.25) is 0 Å². The molecule has 9 nitrogen and oxygen atoms in total. The predicted molar refractivity (Wildman–Crippen MR) is 166 cm³/mol. The molecule has 0 saturated carbocycles. The fourth-order valence-electron chi connectivity index (χ4n) is 5.42. The van der Waals surface area contributed by atoms with E-state index in [4.69, 9.17) is 37.4 Å². The standard InChI is InChI=1S/C31H32Cl2N4O5S/c32-25-6-11-29(30(33)18-25)31(22-35-13-12-34-23-35)41-20-28(42-31)19-40-27-9-7-26(8-10-27)36-14-16-37(17-15-36)43(38,39)21-24-4-2-1-3-5-24/h1-13,18,23,28H,14-17,19-22H2. The van der Waals surface area contributed by atoms with Crippen LogP contribution in [0.5, 0.6) is 5.75 Å². The molecule has 0 bridgehead atoms. The number of nitrogens with zero attached hydrogens (tertiary/aromatic N) is 4. The van der Waals surface area contributed by atoms with Gasteiger partial charge in [0.15, 0.2) is 0 Å². The van der Waals surface area contributed by atoms with Crippen LogP contribution in [0, 0.1) is 0 Å². The molecule has 0 spiro atoms. The van der Waals surface area contributed by atoms with Gasteiger partial charge < -0.3 is 23.7 Å². The third-order valence-electron chi connectivity index (χ3n) is 7.61. The van der Waals surface area contributed by atoms with Crippen LogP contribution in [0.4, 0.5) is 5.69 Å². The molecule has 3 heterocycles. The lowest BCUT2D eigenvalue weighted by molar-refractivity contribution is -0.189. The first-order valence-corrected chi connectivity index (χ1v) is 16.4. The van der Waals surface area contributed by atoms with Crippen molar-refractivity contribution >= 4 is 38.9 Å². The summed E-state index contributed by atoms with van der Waals surface area (Å²) in [6.45, 7) is 3.11. The van der Waals surface area contributed by atoms with Gasteiger partial charge in [-0.1, -0.05) is 59.6 Å². The molecular formula is C31H32Cl2N4O5S. The Bertz CT molecular complexity index is 1620. The predicted octanol–water partition coefficient (Wildman–Crippen LogP) is 5.19. The van der Waals surface area contributed by atoms with Gasteiger partial charge in [-0.15, -0.1) is 0 Å². The minimum absolute atomic E-state index is 0.0209. The zero-order valence-electron chi connectivity index (χ0n) is 23.4. The summed E-state index contributed by atoms with van der Waals surface area (Å²) in [6.07, 6.45) is 4.91. The maximum absolute atomic E-state index is 12.9. The number of halogens is 2. The highest BCUT2D eigenvalue weighted by Gasteiger charge is 2.45. The second kappa shape index (κ2) is 12.9. The molecule has 2 aliphatic rings. The largest absolute Gasteiger partial charge is 0.491 e. The Balaban J connectivity index is 1.04. The van der Waals surface area contributed by atoms with Gasteiger partial charge in [-0.2, -0.15) is 4.31 Å². The summed E-state index contributed by atoms with van der Waals surface area (Å²) in [5.41, 5.74) is 2.50. The summed E-state index contributed by atoms with van der Waals surface area (Å²) in [6, 6.07) is 22.4. The van der Waals surface area contributed by atoms with Crippen molar-refractivity contribution in [3.63, 3.8) is 0 Å². The van der Waals surface area contributed by atoms with Crippen molar-refractivity contribution in [3.05, 3.63) is 113 Å². The number of piperazine rings is 1. The maximum Gasteiger partial charge on any atom is 0.218 e. The molecule has 4 aromatic rings. The van der Waals surface area contributed by atoms with E-state index in [-0.39, 0.29) is 18.5 Å². The van der Waals surface area contributed by atoms with Gasteiger partial charge >= 0.3 is 0 Å². The molecule has 2 atom stereocenters. The fraction of sp³-hybridized carbons (Fsp3) is 0.323. The van der Waals surface area contributed by atoms with Gasteiger partial charge in [-0.25, -0.2) is 13.4 Å². The Labute approximate surface area is 261 Å². The molecule has 0 N–H and O–H groups in total. The molecule has 3 aromatic carbocycles. The molecule has 2 aliphatic heterocycles. The Kier molecular flexibility index (Phi) is 8.95. The van der Waals surface area contributed by atoms with Gasteiger partial charge in [0.1, 0.15) is 18.5 Å². The van der Waals surface area contributed by atoms with E-state index < -0.39 is 15.8 Å². The quantitative estimate of drug-likeness (QED) is 0.235. The average Bonchev–Trinajstić information content (AvgIpc) is 3.67. The third-order valence-corrected chi connectivity index (χ3v) is 10.0. The van der Waals surface area contributed by atoms with Crippen LogP contribution in [0.25, 0.3) is 0 Å². The van der Waals surface area contributed by atoms with E-state index in [0.717, 1.165) is 11.3 Å². The highest BCUT2D eigenvalue weighted by molar-refractivity contribution is 7.88. The first-order chi connectivity index (χ1) is 20.8. The van der Waals surface area contributed by atoms with Crippen molar-refractivity contribution in [2.24, 2.45) is 0 Å². The maximum atomic E-state index is 12.9. The highest BCUT2D eigenvalue weighted by Crippen LogP contribution is 2.40. The minimum Gasteiger partial charge on any atom is -0.491 e. The number of aromatic nitrogens is 2. The summed E-state index contributed by atoms with van der Waals surface area (Å²) >= 11 is 12.7. The van der Waals surface area contributed by atoms with Crippen LogP contribution < -0.4 is 9.64 Å². The van der Waals surface area contributed by atoms with E-state index in [0.29, 0.717) is 60.7 Å². The summed E-state index contributed by atoms with van der Waals surface area (Å²) in [7, 11) is -3.36. The van der Waals surface area contributed by atoms with Gasteiger partial charge in [0.2, 0.25) is 15.8 Å². The Hall–Kier alpha value is -3.12. The molecule has 43 heavy (non-hydrogen) atoms. The van der Waals surface area contributed by atoms with E-state index in [1.165, 1.54) is 0 Å². The topological polar surface area (TPSA) is 86.1 Å². The number of benzene rings is 3. The lowest BCUT2D eigenvalue weighted by atomic mass is 10.1. The van der Waals surface area contributed by atoms with Crippen molar-refractivity contribution < 1.29 is 22.6 Å². The molecule has 1 aromatic heterocycles. The molecule has 0 amide bonds. The van der Waals surface area contributed by atoms with Crippen molar-refractivity contribution in [2.45, 2.75) is 24.2 Å². The second-order valence-electron chi connectivity index (χ2n) is 10.6. The molecule has 226 valence electrons. The van der Waals surface area contributed by atoms with Crippen LogP contribution >= 0.6 is 23.2 Å². The number of hydrogen-bond acceptors (Lipinski definition) is 7. The lowest BCUT2D eigenvalue weighted by Gasteiger charge is -2.35. The van der Waals surface area contributed by atoms with Crippen LogP contribution in [-0.2, 0) is 37.6 Å². The van der Waals surface area contributed by atoms with E-state index in [2.05, 4.69) is 9.88 Å². The monoisotopic (exact) mass is 642 g/mol. The summed E-state index contributed by atoms with van der Waals surface area (Å²) < 4.78 is 48.1. The molecule has 12 heteroatoms. The molecule has 2 unspecified atom stereocenters. The molecule has 6 rings (SSSR count). The van der Waals surface area contributed by atoms with Gasteiger partial charge in [-0.05, 0) is 42.0 Å². The van der Waals surface area contributed by atoms with Gasteiger partial charge in [0, 0.05) is 54.8 Å². The number of hydrogen-bond donors (Lipinski definition) is 0. The molecule has 2 saturated heterocycles. The summed E-state index contributed by atoms with van der Waals surface area (Å²) in [5, 5.41) is 0.988. The smallest absolute Gasteiger partial charge is 0.218 e. The SMILES string of the molecule is O=S(=O)(Cc1ccccc1)N1CCN(c2ccc(OCC3COC(Cn4ccnc4)(c4ccc(Cl)cc4Cl)O3)cc2)CC1. The van der Waals surface area contributed by atoms with E-state index in [1.807, 2.05) is 71.4 Å². The Morgan fingerprint density at radius 2 is 1.74 bits per heavy atom. The van der Waals surface area contributed by atoms with Gasteiger partial charge in [0.25, 0.3) is 0 Å². The van der Waals surface area contributed by atoms with Crippen LogP contribution in [-0.4, -0.2) is 67.8 Å². The zero-order valence-corrected chi connectivity index (χ0v) is 25.7. The van der Waals surface area contributed by atoms with Crippen LogP contribution in [0.2, 0.25) is 10.0 Å². The van der Waals surface area contributed by atoms with Crippen molar-refractivity contribution in [1.82, 2.24) is 13.9 Å². The number of rotatable bonds is 10. The number of imidazole rings is 1. The van der Waals surface area contributed by atoms with E-state index in [9.17, 15) is 8.42 Å². The number of ether oxygens (including phenoxy) is 3. The summed E-state index contributed by atoms with van der Waals surface area (Å²) in [5.74, 6) is -0.391. The zero-order chi connectivity index (χ0) is 29.9. The number of sulfonamides is 1. The van der Waals surface area contributed by atoms with Crippen LogP contribution in [0.3, 0.4) is 0 Å². The normalized spacial score (nSPS) is 21.3.